The molecule has 208 valence electrons. The number of carbonyl (C=O) groups excluding carboxylic acids is 4. The number of amides is 3. The summed E-state index contributed by atoms with van der Waals surface area (Å²) in [5.41, 5.74) is -0.0912. The molecule has 3 amide bonds. The van der Waals surface area contributed by atoms with E-state index in [0.717, 1.165) is 5.56 Å². The molecule has 0 aliphatic carbocycles. The number of ether oxygens (including phenoxy) is 2. The standard InChI is InChI=1S/C28H45N3O6/c1-11-18(3)22(30-26(35)37-27(5,6)7)25(34)31(28(8,9)12-2)23(20-16-14-13-15-19(20)4)24(33)29-17-21(32)36-10/h13-16,18,22-23H,11-12,17H2,1-10H3,(H,29,33)(H,30,35). The lowest BCUT2D eigenvalue weighted by atomic mass is 9.88. The summed E-state index contributed by atoms with van der Waals surface area (Å²) in [5.74, 6) is -1.78. The summed E-state index contributed by atoms with van der Waals surface area (Å²) in [4.78, 5) is 54.1. The molecule has 0 heterocycles. The van der Waals surface area contributed by atoms with Crippen LogP contribution in [0, 0.1) is 12.8 Å². The number of rotatable bonds is 11. The number of nitrogens with zero attached hydrogens (tertiary/aromatic N) is 1. The third kappa shape index (κ3) is 9.05. The Labute approximate surface area is 221 Å². The average Bonchev–Trinajstić information content (AvgIpc) is 2.82. The highest BCUT2D eigenvalue weighted by Crippen LogP contribution is 2.34. The minimum absolute atomic E-state index is 0.245. The molecule has 1 aromatic carbocycles. The first kappa shape index (κ1) is 31.9. The minimum atomic E-state index is -1.06. The fourth-order valence-electron chi connectivity index (χ4n) is 3.83. The maximum absolute atomic E-state index is 14.4. The lowest BCUT2D eigenvalue weighted by molar-refractivity contribution is -0.151. The molecule has 0 bridgehead atoms. The van der Waals surface area contributed by atoms with Crippen molar-refractivity contribution in [3.63, 3.8) is 0 Å². The van der Waals surface area contributed by atoms with E-state index in [0.29, 0.717) is 18.4 Å². The van der Waals surface area contributed by atoms with Crippen molar-refractivity contribution in [3.05, 3.63) is 35.4 Å². The van der Waals surface area contributed by atoms with Gasteiger partial charge in [0.2, 0.25) is 11.8 Å². The Morgan fingerprint density at radius 1 is 1.03 bits per heavy atom. The number of hydrogen-bond donors (Lipinski definition) is 2. The molecule has 0 spiro atoms. The highest BCUT2D eigenvalue weighted by Gasteiger charge is 2.44. The zero-order chi connectivity index (χ0) is 28.6. The van der Waals surface area contributed by atoms with E-state index in [1.807, 2.05) is 53.7 Å². The van der Waals surface area contributed by atoms with Crippen molar-refractivity contribution in [1.29, 1.82) is 0 Å². The Morgan fingerprint density at radius 2 is 1.62 bits per heavy atom. The molecule has 37 heavy (non-hydrogen) atoms. The average molecular weight is 520 g/mol. The van der Waals surface area contributed by atoms with Gasteiger partial charge in [0.05, 0.1) is 7.11 Å². The number of aryl methyl sites for hydroxylation is 1. The summed E-state index contributed by atoms with van der Waals surface area (Å²) in [6.45, 7) is 16.3. The normalized spacial score (nSPS) is 14.1. The van der Waals surface area contributed by atoms with Gasteiger partial charge in [-0.3, -0.25) is 14.4 Å². The zero-order valence-corrected chi connectivity index (χ0v) is 24.1. The Kier molecular flexibility index (Phi) is 11.6. The molecule has 0 aromatic heterocycles. The number of carbonyl (C=O) groups is 4. The molecule has 1 rings (SSSR count). The van der Waals surface area contributed by atoms with Gasteiger partial charge >= 0.3 is 12.1 Å². The second kappa shape index (κ2) is 13.4. The topological polar surface area (TPSA) is 114 Å². The Hall–Kier alpha value is -3.10. The van der Waals surface area contributed by atoms with Gasteiger partial charge in [0.15, 0.2) is 0 Å². The van der Waals surface area contributed by atoms with Gasteiger partial charge in [-0.2, -0.15) is 0 Å². The van der Waals surface area contributed by atoms with E-state index in [2.05, 4.69) is 15.4 Å². The molecule has 0 fully saturated rings. The fraction of sp³-hybridized carbons (Fsp3) is 0.643. The Morgan fingerprint density at radius 3 is 2.11 bits per heavy atom. The molecule has 0 saturated heterocycles. The van der Waals surface area contributed by atoms with Gasteiger partial charge in [-0.15, -0.1) is 0 Å². The van der Waals surface area contributed by atoms with Crippen molar-refractivity contribution in [2.75, 3.05) is 13.7 Å². The van der Waals surface area contributed by atoms with Crippen LogP contribution in [0.15, 0.2) is 24.3 Å². The largest absolute Gasteiger partial charge is 0.468 e. The maximum Gasteiger partial charge on any atom is 0.408 e. The molecular formula is C28H45N3O6. The number of nitrogens with one attached hydrogen (secondary N) is 2. The predicted molar refractivity (Wildman–Crippen MR) is 143 cm³/mol. The first-order valence-corrected chi connectivity index (χ1v) is 12.8. The predicted octanol–water partition coefficient (Wildman–Crippen LogP) is 4.28. The van der Waals surface area contributed by atoms with E-state index in [4.69, 9.17) is 4.74 Å². The lowest BCUT2D eigenvalue weighted by Gasteiger charge is -2.45. The van der Waals surface area contributed by atoms with Crippen molar-refractivity contribution in [3.8, 4) is 0 Å². The number of methoxy groups -OCH3 is 1. The van der Waals surface area contributed by atoms with Crippen LogP contribution < -0.4 is 10.6 Å². The number of hydrogen-bond acceptors (Lipinski definition) is 6. The van der Waals surface area contributed by atoms with Crippen molar-refractivity contribution >= 4 is 23.9 Å². The summed E-state index contributed by atoms with van der Waals surface area (Å²) < 4.78 is 10.1. The number of alkyl carbamates (subject to hydrolysis) is 1. The molecule has 0 saturated carbocycles. The van der Waals surface area contributed by atoms with E-state index in [1.54, 1.807) is 32.9 Å². The third-order valence-electron chi connectivity index (χ3n) is 6.53. The van der Waals surface area contributed by atoms with E-state index in [9.17, 15) is 19.2 Å². The highest BCUT2D eigenvalue weighted by molar-refractivity contribution is 5.94. The van der Waals surface area contributed by atoms with Gasteiger partial charge in [0.25, 0.3) is 0 Å². The van der Waals surface area contributed by atoms with Gasteiger partial charge < -0.3 is 25.0 Å². The van der Waals surface area contributed by atoms with Crippen LogP contribution >= 0.6 is 0 Å². The smallest absolute Gasteiger partial charge is 0.408 e. The molecule has 3 atom stereocenters. The first-order chi connectivity index (χ1) is 17.1. The van der Waals surface area contributed by atoms with Gasteiger partial charge in [-0.25, -0.2) is 4.79 Å². The van der Waals surface area contributed by atoms with Crippen molar-refractivity contribution in [2.45, 2.75) is 98.4 Å². The molecule has 0 aliphatic rings. The van der Waals surface area contributed by atoms with Gasteiger partial charge in [-0.05, 0) is 65.0 Å². The van der Waals surface area contributed by atoms with Gasteiger partial charge in [0, 0.05) is 5.54 Å². The molecule has 3 unspecified atom stereocenters. The van der Waals surface area contributed by atoms with E-state index in [1.165, 1.54) is 12.0 Å². The van der Waals surface area contributed by atoms with E-state index < -0.39 is 47.1 Å². The van der Waals surface area contributed by atoms with Gasteiger partial charge in [0.1, 0.15) is 24.2 Å². The fourth-order valence-corrected chi connectivity index (χ4v) is 3.83. The molecule has 0 aliphatic heterocycles. The second-order valence-electron chi connectivity index (χ2n) is 10.9. The van der Waals surface area contributed by atoms with Crippen molar-refractivity contribution in [1.82, 2.24) is 15.5 Å². The highest BCUT2D eigenvalue weighted by atomic mass is 16.6. The summed E-state index contributed by atoms with van der Waals surface area (Å²) >= 11 is 0. The first-order valence-electron chi connectivity index (χ1n) is 12.8. The molecular weight excluding hydrogens is 474 g/mol. The second-order valence-corrected chi connectivity index (χ2v) is 10.9. The van der Waals surface area contributed by atoms with Crippen LogP contribution in [0.2, 0.25) is 0 Å². The van der Waals surface area contributed by atoms with Crippen molar-refractivity contribution < 1.29 is 28.7 Å². The monoisotopic (exact) mass is 519 g/mol. The maximum atomic E-state index is 14.4. The molecule has 0 radical (unpaired) electrons. The number of esters is 1. The van der Waals surface area contributed by atoms with Crippen LogP contribution in [0.1, 0.15) is 85.4 Å². The zero-order valence-electron chi connectivity index (χ0n) is 24.1. The van der Waals surface area contributed by atoms with Crippen LogP contribution in [0.25, 0.3) is 0 Å². The number of benzene rings is 1. The molecule has 1 aromatic rings. The van der Waals surface area contributed by atoms with Crippen LogP contribution in [-0.4, -0.2) is 59.6 Å². The van der Waals surface area contributed by atoms with Crippen LogP contribution in [-0.2, 0) is 23.9 Å². The summed E-state index contributed by atoms with van der Waals surface area (Å²) in [7, 11) is 1.24. The van der Waals surface area contributed by atoms with Crippen molar-refractivity contribution in [2.24, 2.45) is 5.92 Å². The Balaban J connectivity index is 3.68. The van der Waals surface area contributed by atoms with Crippen LogP contribution in [0.5, 0.6) is 0 Å². The van der Waals surface area contributed by atoms with Crippen LogP contribution in [0.3, 0.4) is 0 Å². The van der Waals surface area contributed by atoms with E-state index >= 15 is 0 Å². The minimum Gasteiger partial charge on any atom is -0.468 e. The summed E-state index contributed by atoms with van der Waals surface area (Å²) in [5, 5.41) is 5.39. The Bertz CT molecular complexity index is 953. The summed E-state index contributed by atoms with van der Waals surface area (Å²) in [6.07, 6.45) is 0.435. The summed E-state index contributed by atoms with van der Waals surface area (Å²) in [6, 6.07) is 5.32. The van der Waals surface area contributed by atoms with Gasteiger partial charge in [-0.1, -0.05) is 51.5 Å². The van der Waals surface area contributed by atoms with E-state index in [-0.39, 0.29) is 12.5 Å². The molecule has 2 N–H and O–H groups in total. The lowest BCUT2D eigenvalue weighted by Crippen LogP contribution is -2.61. The van der Waals surface area contributed by atoms with Crippen LogP contribution in [0.4, 0.5) is 4.79 Å². The molecule has 9 heteroatoms. The third-order valence-corrected chi connectivity index (χ3v) is 6.53. The SMILES string of the molecule is CCC(C)C(NC(=O)OC(C)(C)C)C(=O)N(C(C(=O)NCC(=O)OC)c1ccccc1C)C(C)(C)CC. The quantitative estimate of drug-likeness (QED) is 0.422. The molecule has 9 nitrogen and oxygen atoms in total.